The smallest absolute Gasteiger partial charge is 0.136 e. The lowest BCUT2D eigenvalue weighted by molar-refractivity contribution is -0.121. The number of ketones is 1. The van der Waals surface area contributed by atoms with Crippen LogP contribution < -0.4 is 0 Å². The van der Waals surface area contributed by atoms with Gasteiger partial charge in [-0.05, 0) is 123 Å². The first kappa shape index (κ1) is 28.6. The summed E-state index contributed by atoms with van der Waals surface area (Å²) in [6.07, 6.45) is 14.3. The summed E-state index contributed by atoms with van der Waals surface area (Å²) < 4.78 is 0. The van der Waals surface area contributed by atoms with Gasteiger partial charge in [-0.3, -0.25) is 4.79 Å². The molecule has 4 nitrogen and oxygen atoms in total. The second-order valence-electron chi connectivity index (χ2n) is 14.5. The van der Waals surface area contributed by atoms with Gasteiger partial charge in [0, 0.05) is 23.3 Å². The number of Topliss-reactive ketones (excluding diaryl/α,β-unsaturated/α-hetero) is 1. The summed E-state index contributed by atoms with van der Waals surface area (Å²) >= 11 is 0. The Kier molecular flexibility index (Phi) is 7.62. The molecule has 6 aliphatic carbocycles. The Morgan fingerprint density at radius 3 is 1.74 bits per heavy atom. The van der Waals surface area contributed by atoms with Crippen molar-refractivity contribution in [3.8, 4) is 11.5 Å². The van der Waals surface area contributed by atoms with Crippen molar-refractivity contribution < 1.29 is 20.1 Å². The summed E-state index contributed by atoms with van der Waals surface area (Å²) in [5.41, 5.74) is 2.68. The molecule has 6 saturated carbocycles. The van der Waals surface area contributed by atoms with Crippen molar-refractivity contribution in [1.29, 1.82) is 0 Å². The molecule has 43 heavy (non-hydrogen) atoms. The van der Waals surface area contributed by atoms with Crippen LogP contribution >= 0.6 is 0 Å². The van der Waals surface area contributed by atoms with E-state index in [0.29, 0.717) is 29.3 Å². The summed E-state index contributed by atoms with van der Waals surface area (Å²) in [7, 11) is 0. The first-order valence-corrected chi connectivity index (χ1v) is 16.7. The van der Waals surface area contributed by atoms with Gasteiger partial charge in [0.2, 0.25) is 0 Å². The molecule has 0 saturated heterocycles. The van der Waals surface area contributed by atoms with Crippen LogP contribution in [0.2, 0.25) is 0 Å². The zero-order valence-electron chi connectivity index (χ0n) is 25.2. The van der Waals surface area contributed by atoms with E-state index in [1.54, 1.807) is 18.2 Å². The minimum atomic E-state index is -0.496. The number of hydrogen-bond acceptors (Lipinski definition) is 4. The molecule has 8 unspecified atom stereocenters. The molecular weight excluding hydrogens is 532 g/mol. The Labute approximate surface area is 256 Å². The number of carbonyl (C=O) groups excluding carboxylic acids is 1. The van der Waals surface area contributed by atoms with Crippen LogP contribution in [0.1, 0.15) is 93.7 Å². The van der Waals surface area contributed by atoms with Gasteiger partial charge >= 0.3 is 0 Å². The number of phenols is 2. The van der Waals surface area contributed by atoms with Crippen molar-refractivity contribution in [2.24, 2.45) is 35.5 Å². The summed E-state index contributed by atoms with van der Waals surface area (Å²) in [4.78, 5) is 10.8. The van der Waals surface area contributed by atoms with Gasteiger partial charge in [-0.15, -0.1) is 0 Å². The molecule has 6 fully saturated rings. The SMILES string of the molecule is O=C1CC2CCC1C2.OC1(c2ccccc2)CC2CCC1C2.Oc1ccc(O)c(C2(c3ccccc3)CC3CCC2C3)c1. The predicted molar refractivity (Wildman–Crippen MR) is 169 cm³/mol. The molecule has 0 heterocycles. The monoisotopic (exact) mass is 578 g/mol. The maximum atomic E-state index is 10.8. The fraction of sp³-hybridized carbons (Fsp3) is 0.513. The largest absolute Gasteiger partial charge is 0.508 e. The maximum absolute atomic E-state index is 10.8. The fourth-order valence-corrected chi connectivity index (χ4v) is 10.2. The lowest BCUT2D eigenvalue weighted by Crippen LogP contribution is -2.34. The van der Waals surface area contributed by atoms with Gasteiger partial charge < -0.3 is 15.3 Å². The van der Waals surface area contributed by atoms with E-state index in [4.69, 9.17) is 0 Å². The number of rotatable bonds is 3. The number of fused-ring (bicyclic) bond motifs is 6. The van der Waals surface area contributed by atoms with E-state index in [1.807, 2.05) is 24.3 Å². The third-order valence-electron chi connectivity index (χ3n) is 12.2. The van der Waals surface area contributed by atoms with Gasteiger partial charge in [-0.1, -0.05) is 67.1 Å². The van der Waals surface area contributed by atoms with Crippen molar-refractivity contribution >= 4 is 5.78 Å². The Balaban J connectivity index is 0.000000116. The van der Waals surface area contributed by atoms with Crippen LogP contribution in [-0.2, 0) is 15.8 Å². The molecule has 0 radical (unpaired) electrons. The van der Waals surface area contributed by atoms with Crippen molar-refractivity contribution in [3.63, 3.8) is 0 Å². The van der Waals surface area contributed by atoms with Gasteiger partial charge in [-0.25, -0.2) is 0 Å². The lowest BCUT2D eigenvalue weighted by atomic mass is 9.64. The number of aromatic hydroxyl groups is 2. The molecule has 0 spiro atoms. The van der Waals surface area contributed by atoms with Crippen LogP contribution in [-0.4, -0.2) is 21.1 Å². The van der Waals surface area contributed by atoms with Crippen LogP contribution in [0.3, 0.4) is 0 Å². The average Bonchev–Trinajstić information content (AvgIpc) is 3.89. The lowest BCUT2D eigenvalue weighted by Gasteiger charge is -2.39. The van der Waals surface area contributed by atoms with Crippen LogP contribution in [0.4, 0.5) is 0 Å². The van der Waals surface area contributed by atoms with Crippen molar-refractivity contribution in [2.75, 3.05) is 0 Å². The van der Waals surface area contributed by atoms with Gasteiger partial charge in [0.25, 0.3) is 0 Å². The number of carbonyl (C=O) groups is 1. The van der Waals surface area contributed by atoms with Crippen molar-refractivity contribution in [3.05, 3.63) is 95.6 Å². The Hall–Kier alpha value is -3.11. The molecule has 3 N–H and O–H groups in total. The summed E-state index contributed by atoms with van der Waals surface area (Å²) in [5.74, 6) is 5.01. The van der Waals surface area contributed by atoms with Gasteiger partial charge in [0.05, 0.1) is 5.60 Å². The quantitative estimate of drug-likeness (QED) is 0.273. The molecule has 4 heteroatoms. The minimum Gasteiger partial charge on any atom is -0.508 e. The van der Waals surface area contributed by atoms with Gasteiger partial charge in [0.1, 0.15) is 17.3 Å². The molecule has 3 aromatic carbocycles. The summed E-state index contributed by atoms with van der Waals surface area (Å²) in [5, 5.41) is 31.0. The van der Waals surface area contributed by atoms with E-state index >= 15 is 0 Å². The number of benzene rings is 3. The molecule has 0 aromatic heterocycles. The second-order valence-corrected chi connectivity index (χ2v) is 14.5. The number of phenolic OH excluding ortho intramolecular Hbond substituents is 2. The highest BCUT2D eigenvalue weighted by atomic mass is 16.3. The van der Waals surface area contributed by atoms with Gasteiger partial charge in [-0.2, -0.15) is 0 Å². The highest BCUT2D eigenvalue weighted by Gasteiger charge is 2.54. The van der Waals surface area contributed by atoms with E-state index in [0.717, 1.165) is 48.1 Å². The van der Waals surface area contributed by atoms with E-state index in [-0.39, 0.29) is 11.2 Å². The number of hydrogen-bond donors (Lipinski definition) is 3. The summed E-state index contributed by atoms with van der Waals surface area (Å²) in [6.45, 7) is 0. The zero-order valence-corrected chi connectivity index (χ0v) is 25.2. The standard InChI is InChI=1S/C19H20O2.C13H16O.C7H10O/c20-16-8-9-18(21)17(11-16)19(14-4-2-1-3-5-14)12-13-6-7-15(19)10-13;14-13(11-4-2-1-3-5-11)9-10-6-7-12(13)8-10;8-7-4-5-1-2-6(7)3-5/h1-5,8-9,11,13,15,20-21H,6-7,10,12H2;1-5,10,12,14H,6-9H2;5-6H,1-4H2. The van der Waals surface area contributed by atoms with Gasteiger partial charge in [0.15, 0.2) is 0 Å². The molecule has 8 atom stereocenters. The number of aliphatic hydroxyl groups is 1. The van der Waals surface area contributed by atoms with Crippen molar-refractivity contribution in [2.45, 2.75) is 88.1 Å². The highest BCUT2D eigenvalue weighted by Crippen LogP contribution is 2.61. The Morgan fingerprint density at radius 1 is 0.628 bits per heavy atom. The minimum absolute atomic E-state index is 0.132. The average molecular weight is 579 g/mol. The Bertz CT molecular complexity index is 1440. The molecular formula is C39H46O4. The van der Waals surface area contributed by atoms with E-state index in [2.05, 4.69) is 36.4 Å². The molecule has 226 valence electrons. The molecule has 0 amide bonds. The molecule has 9 rings (SSSR count). The Morgan fingerprint density at radius 2 is 1.26 bits per heavy atom. The first-order chi connectivity index (χ1) is 20.8. The predicted octanol–water partition coefficient (Wildman–Crippen LogP) is 8.27. The van der Waals surface area contributed by atoms with Crippen LogP contribution in [0.25, 0.3) is 0 Å². The zero-order chi connectivity index (χ0) is 29.6. The fourth-order valence-electron chi connectivity index (χ4n) is 10.2. The molecule has 6 bridgehead atoms. The van der Waals surface area contributed by atoms with Crippen LogP contribution in [0.5, 0.6) is 11.5 Å². The molecule has 3 aromatic rings. The molecule has 0 aliphatic heterocycles. The second kappa shape index (κ2) is 11.4. The third kappa shape index (κ3) is 5.20. The van der Waals surface area contributed by atoms with Crippen molar-refractivity contribution in [1.82, 2.24) is 0 Å². The first-order valence-electron chi connectivity index (χ1n) is 16.7. The van der Waals surface area contributed by atoms with E-state index in [9.17, 15) is 20.1 Å². The summed E-state index contributed by atoms with van der Waals surface area (Å²) in [6, 6.07) is 25.7. The topological polar surface area (TPSA) is 77.8 Å². The van der Waals surface area contributed by atoms with Crippen LogP contribution in [0, 0.1) is 35.5 Å². The van der Waals surface area contributed by atoms with Crippen LogP contribution in [0.15, 0.2) is 78.9 Å². The third-order valence-corrected chi connectivity index (χ3v) is 12.2. The molecule has 6 aliphatic rings. The maximum Gasteiger partial charge on any atom is 0.136 e. The highest BCUT2D eigenvalue weighted by molar-refractivity contribution is 5.84. The van der Waals surface area contributed by atoms with E-state index in [1.165, 1.54) is 63.4 Å². The van der Waals surface area contributed by atoms with E-state index < -0.39 is 5.60 Å². The normalized spacial score (nSPS) is 36.3.